The van der Waals surface area contributed by atoms with Crippen molar-refractivity contribution in [3.8, 4) is 50.6 Å². The molecule has 0 saturated heterocycles. The van der Waals surface area contributed by atoms with Gasteiger partial charge in [0, 0.05) is 37.7 Å². The Hall–Kier alpha value is -6.36. The van der Waals surface area contributed by atoms with E-state index in [1.807, 2.05) is 24.3 Å². The van der Waals surface area contributed by atoms with Gasteiger partial charge in [0.25, 0.3) is 0 Å². The number of thiophene rings is 1. The Kier molecular flexibility index (Phi) is 6.68. The van der Waals surface area contributed by atoms with Gasteiger partial charge in [-0.05, 0) is 52.6 Å². The highest BCUT2D eigenvalue weighted by molar-refractivity contribution is 7.26. The van der Waals surface area contributed by atoms with Crippen LogP contribution in [0.3, 0.4) is 0 Å². The first-order valence-electron chi connectivity index (χ1n) is 16.8. The molecule has 0 aliphatic carbocycles. The van der Waals surface area contributed by atoms with Crippen molar-refractivity contribution in [3.63, 3.8) is 0 Å². The molecule has 234 valence electrons. The fraction of sp³-hybridized carbons (Fsp3) is 0. The van der Waals surface area contributed by atoms with Crippen molar-refractivity contribution in [3.05, 3.63) is 176 Å². The Morgan fingerprint density at radius 2 is 0.920 bits per heavy atom. The lowest BCUT2D eigenvalue weighted by atomic mass is 9.99. The van der Waals surface area contributed by atoms with E-state index in [2.05, 4.69) is 156 Å². The largest absolute Gasteiger partial charge is 0.309 e. The molecule has 0 aliphatic heterocycles. The van der Waals surface area contributed by atoms with Crippen LogP contribution in [0.4, 0.5) is 0 Å². The Bertz CT molecular complexity index is 2780. The summed E-state index contributed by atoms with van der Waals surface area (Å²) in [5.74, 6) is 0.749. The fourth-order valence-corrected chi connectivity index (χ4v) is 8.38. The smallest absolute Gasteiger partial charge is 0.160 e. The molecule has 4 heteroatoms. The minimum atomic E-state index is 0.749. The zero-order valence-corrected chi connectivity index (χ0v) is 27.8. The minimum Gasteiger partial charge on any atom is -0.309 e. The van der Waals surface area contributed by atoms with Crippen LogP contribution >= 0.6 is 11.3 Å². The van der Waals surface area contributed by atoms with Gasteiger partial charge in [0.1, 0.15) is 0 Å². The summed E-state index contributed by atoms with van der Waals surface area (Å²) in [6.45, 7) is 0. The van der Waals surface area contributed by atoms with Gasteiger partial charge in [0.2, 0.25) is 0 Å². The highest BCUT2D eigenvalue weighted by Gasteiger charge is 2.17. The van der Waals surface area contributed by atoms with Crippen molar-refractivity contribution in [2.45, 2.75) is 0 Å². The molecule has 0 bridgehead atoms. The summed E-state index contributed by atoms with van der Waals surface area (Å²) < 4.78 is 4.68. The summed E-state index contributed by atoms with van der Waals surface area (Å²) in [4.78, 5) is 10.2. The second-order valence-corrected chi connectivity index (χ2v) is 13.7. The number of nitrogens with zero attached hydrogens (tertiary/aromatic N) is 3. The van der Waals surface area contributed by atoms with Crippen molar-refractivity contribution < 1.29 is 0 Å². The number of hydrogen-bond acceptors (Lipinski definition) is 3. The maximum Gasteiger partial charge on any atom is 0.160 e. The van der Waals surface area contributed by atoms with Crippen LogP contribution in [0.15, 0.2) is 176 Å². The van der Waals surface area contributed by atoms with Crippen molar-refractivity contribution in [2.75, 3.05) is 0 Å². The van der Waals surface area contributed by atoms with Crippen molar-refractivity contribution >= 4 is 53.4 Å². The molecule has 0 N–H and O–H groups in total. The summed E-state index contributed by atoms with van der Waals surface area (Å²) >= 11 is 1.77. The van der Waals surface area contributed by atoms with E-state index in [1.165, 1.54) is 48.8 Å². The van der Waals surface area contributed by atoms with Gasteiger partial charge in [-0.1, -0.05) is 146 Å². The van der Waals surface area contributed by atoms with E-state index < -0.39 is 0 Å². The molecule has 0 unspecified atom stereocenters. The minimum absolute atomic E-state index is 0.749. The summed E-state index contributed by atoms with van der Waals surface area (Å²) in [7, 11) is 0. The lowest BCUT2D eigenvalue weighted by Crippen LogP contribution is -1.93. The monoisotopic (exact) mass is 655 g/mol. The molecule has 3 heterocycles. The van der Waals surface area contributed by atoms with Crippen LogP contribution in [0.1, 0.15) is 0 Å². The predicted octanol–water partition coefficient (Wildman–Crippen LogP) is 12.6. The topological polar surface area (TPSA) is 30.7 Å². The van der Waals surface area contributed by atoms with Gasteiger partial charge in [-0.15, -0.1) is 11.3 Å². The fourth-order valence-electron chi connectivity index (χ4n) is 7.19. The van der Waals surface area contributed by atoms with E-state index in [0.29, 0.717) is 0 Å². The number of fused-ring (bicyclic) bond motifs is 6. The second kappa shape index (κ2) is 11.7. The van der Waals surface area contributed by atoms with Crippen molar-refractivity contribution in [2.24, 2.45) is 0 Å². The van der Waals surface area contributed by atoms with Crippen LogP contribution in [-0.2, 0) is 0 Å². The molecule has 0 radical (unpaired) electrons. The molecule has 3 nitrogen and oxygen atoms in total. The van der Waals surface area contributed by atoms with Crippen molar-refractivity contribution in [1.82, 2.24) is 14.5 Å². The van der Waals surface area contributed by atoms with Gasteiger partial charge in [-0.3, -0.25) is 0 Å². The third-order valence-electron chi connectivity index (χ3n) is 9.65. The molecule has 7 aromatic carbocycles. The average Bonchev–Trinajstić information content (AvgIpc) is 3.74. The first-order valence-corrected chi connectivity index (χ1v) is 17.6. The van der Waals surface area contributed by atoms with Gasteiger partial charge in [0.05, 0.1) is 26.9 Å². The maximum atomic E-state index is 5.12. The summed E-state index contributed by atoms with van der Waals surface area (Å²) in [6, 6.07) is 62.6. The number of rotatable bonds is 5. The molecule has 10 aromatic rings. The van der Waals surface area contributed by atoms with Crippen LogP contribution in [0.5, 0.6) is 0 Å². The van der Waals surface area contributed by atoms with E-state index in [9.17, 15) is 0 Å². The molecule has 50 heavy (non-hydrogen) atoms. The van der Waals surface area contributed by atoms with Crippen LogP contribution in [0, 0.1) is 0 Å². The normalized spacial score (nSPS) is 11.6. The predicted molar refractivity (Wildman–Crippen MR) is 211 cm³/mol. The molecular weight excluding hydrogens is 627 g/mol. The molecule has 3 aromatic heterocycles. The molecule has 0 spiro atoms. The van der Waals surface area contributed by atoms with Crippen LogP contribution in [-0.4, -0.2) is 14.5 Å². The molecule has 0 fully saturated rings. The van der Waals surface area contributed by atoms with Crippen LogP contribution in [0.2, 0.25) is 0 Å². The summed E-state index contributed by atoms with van der Waals surface area (Å²) in [5.41, 5.74) is 12.5. The first-order chi connectivity index (χ1) is 24.8. The van der Waals surface area contributed by atoms with Gasteiger partial charge >= 0.3 is 0 Å². The zero-order chi connectivity index (χ0) is 33.0. The number of benzene rings is 7. The average molecular weight is 656 g/mol. The SMILES string of the molecule is c1ccc(-c2nc(-c3ccccc3)c3sc4cc(-c5ccc(-c6ccc(-n7c8ccccc8c8ccccc87)cc6)cc5)ccc4c3n2)cc1. The number of aromatic nitrogens is 3. The van der Waals surface area contributed by atoms with E-state index in [1.54, 1.807) is 11.3 Å². The lowest BCUT2D eigenvalue weighted by molar-refractivity contribution is 1.18. The molecule has 10 rings (SSSR count). The number of hydrogen-bond donors (Lipinski definition) is 0. The molecule has 0 amide bonds. The Labute approximate surface area is 293 Å². The van der Waals surface area contributed by atoms with Crippen molar-refractivity contribution in [1.29, 1.82) is 0 Å². The third kappa shape index (κ3) is 4.73. The summed E-state index contributed by atoms with van der Waals surface area (Å²) in [5, 5.41) is 3.71. The third-order valence-corrected chi connectivity index (χ3v) is 10.8. The highest BCUT2D eigenvalue weighted by Crippen LogP contribution is 2.41. The van der Waals surface area contributed by atoms with Gasteiger partial charge in [-0.25, -0.2) is 9.97 Å². The molecule has 0 saturated carbocycles. The molecule has 0 atom stereocenters. The molecule has 0 aliphatic rings. The van der Waals surface area contributed by atoms with Gasteiger partial charge < -0.3 is 4.57 Å². The van der Waals surface area contributed by atoms with Gasteiger partial charge in [0.15, 0.2) is 5.82 Å². The quantitative estimate of drug-likeness (QED) is 0.185. The summed E-state index contributed by atoms with van der Waals surface area (Å²) in [6.07, 6.45) is 0. The Balaban J connectivity index is 0.999. The zero-order valence-electron chi connectivity index (χ0n) is 27.0. The van der Waals surface area contributed by atoms with Gasteiger partial charge in [-0.2, -0.15) is 0 Å². The standard InChI is InChI=1S/C46H29N3S/c1-3-11-33(12-4-1)43-45-44(48-46(47-43)34-13-5-2-6-14-34)39-28-25-35(29-42(39)50-45)32-21-19-30(20-22-32)31-23-26-36(27-24-31)49-40-17-9-7-15-37(40)38-16-8-10-18-41(38)49/h1-29H. The number of para-hydroxylation sites is 2. The maximum absolute atomic E-state index is 5.12. The Morgan fingerprint density at radius 1 is 0.400 bits per heavy atom. The molecular formula is C46H29N3S. The van der Waals surface area contributed by atoms with E-state index in [0.717, 1.165) is 43.9 Å². The lowest BCUT2D eigenvalue weighted by Gasteiger charge is -2.10. The van der Waals surface area contributed by atoms with Crippen LogP contribution in [0.25, 0.3) is 92.7 Å². The van der Waals surface area contributed by atoms with Crippen LogP contribution < -0.4 is 0 Å². The van der Waals surface area contributed by atoms with E-state index in [4.69, 9.17) is 9.97 Å². The Morgan fingerprint density at radius 3 is 1.56 bits per heavy atom. The van der Waals surface area contributed by atoms with E-state index >= 15 is 0 Å². The first kappa shape index (κ1) is 28.6. The van der Waals surface area contributed by atoms with E-state index in [-0.39, 0.29) is 0 Å². The second-order valence-electron chi connectivity index (χ2n) is 12.6. The highest BCUT2D eigenvalue weighted by atomic mass is 32.1.